The van der Waals surface area contributed by atoms with Crippen LogP contribution in [0.25, 0.3) is 0 Å². The summed E-state index contributed by atoms with van der Waals surface area (Å²) >= 11 is 12.4. The predicted molar refractivity (Wildman–Crippen MR) is 114 cm³/mol. The summed E-state index contributed by atoms with van der Waals surface area (Å²) in [6.07, 6.45) is 7.19. The smallest absolute Gasteiger partial charge is 0.337 e. The lowest BCUT2D eigenvalue weighted by atomic mass is 9.75. The molecule has 3 aliphatic rings. The van der Waals surface area contributed by atoms with Gasteiger partial charge in [0.25, 0.3) is 0 Å². The highest BCUT2D eigenvalue weighted by Gasteiger charge is 2.39. The second-order valence-electron chi connectivity index (χ2n) is 8.10. The molecule has 1 N–H and O–H groups in total. The molecule has 4 rings (SSSR count). The number of hydrogen-bond acceptors (Lipinski definition) is 4. The summed E-state index contributed by atoms with van der Waals surface area (Å²) in [5.41, 5.74) is 3.61. The molecule has 0 amide bonds. The lowest BCUT2D eigenvalue weighted by Crippen LogP contribution is -2.35. The number of nitrogens with one attached hydrogen (secondary N) is 1. The van der Waals surface area contributed by atoms with Crippen molar-refractivity contribution in [3.8, 4) is 0 Å². The second-order valence-corrected chi connectivity index (χ2v) is 8.92. The molecule has 0 spiro atoms. The van der Waals surface area contributed by atoms with E-state index in [-0.39, 0.29) is 17.9 Å². The van der Waals surface area contributed by atoms with E-state index in [4.69, 9.17) is 27.9 Å². The highest BCUT2D eigenvalue weighted by atomic mass is 35.5. The summed E-state index contributed by atoms with van der Waals surface area (Å²) in [5, 5.41) is 4.17. The Labute approximate surface area is 181 Å². The number of allylic oxidation sites excluding steroid dienone is 3. The van der Waals surface area contributed by atoms with Crippen LogP contribution in [0.1, 0.15) is 69.8 Å². The number of dihydropyridines is 1. The Kier molecular flexibility index (Phi) is 6.03. The van der Waals surface area contributed by atoms with E-state index < -0.39 is 5.92 Å². The monoisotopic (exact) mass is 433 g/mol. The van der Waals surface area contributed by atoms with Crippen LogP contribution in [0.3, 0.4) is 0 Å². The lowest BCUT2D eigenvalue weighted by Gasteiger charge is -2.35. The van der Waals surface area contributed by atoms with E-state index >= 15 is 0 Å². The van der Waals surface area contributed by atoms with Crippen LogP contribution in [0.2, 0.25) is 10.0 Å². The number of carbonyl (C=O) groups is 2. The van der Waals surface area contributed by atoms with Crippen molar-refractivity contribution in [2.75, 3.05) is 0 Å². The van der Waals surface area contributed by atoms with Crippen LogP contribution in [-0.2, 0) is 14.3 Å². The Morgan fingerprint density at radius 3 is 2.55 bits per heavy atom. The zero-order chi connectivity index (χ0) is 20.5. The standard InChI is InChI=1S/C23H25Cl2NO3/c1-13-20(23(28)29-15-6-3-2-4-7-15)21(14-10-11-16(24)17(25)12-14)22-18(26-13)8-5-9-19(22)27/h10-12,15,21,26H,2-9H2,1H3/t21-/m0/s1. The fraction of sp³-hybridized carbons (Fsp3) is 0.478. The molecular formula is C23H25Cl2NO3. The van der Waals surface area contributed by atoms with Crippen molar-refractivity contribution in [1.82, 2.24) is 5.32 Å². The van der Waals surface area contributed by atoms with Gasteiger partial charge in [0.05, 0.1) is 15.6 Å². The average Bonchev–Trinajstić information content (AvgIpc) is 2.70. The van der Waals surface area contributed by atoms with Gasteiger partial charge in [-0.3, -0.25) is 4.79 Å². The second kappa shape index (κ2) is 8.53. The molecule has 1 fully saturated rings. The third-order valence-electron chi connectivity index (χ3n) is 6.10. The summed E-state index contributed by atoms with van der Waals surface area (Å²) in [7, 11) is 0. The van der Waals surface area contributed by atoms with Crippen LogP contribution in [0, 0.1) is 0 Å². The number of ketones is 1. The number of esters is 1. The Hall–Kier alpha value is -1.78. The normalized spacial score (nSPS) is 23.0. The highest BCUT2D eigenvalue weighted by Crippen LogP contribution is 2.44. The van der Waals surface area contributed by atoms with Crippen LogP contribution in [0.15, 0.2) is 40.7 Å². The zero-order valence-electron chi connectivity index (χ0n) is 16.5. The first-order valence-electron chi connectivity index (χ1n) is 10.4. The molecule has 0 saturated heterocycles. The number of halogens is 2. The summed E-state index contributed by atoms with van der Waals surface area (Å²) in [4.78, 5) is 26.2. The van der Waals surface area contributed by atoms with Crippen LogP contribution in [0.5, 0.6) is 0 Å². The van der Waals surface area contributed by atoms with Gasteiger partial charge >= 0.3 is 5.97 Å². The molecule has 0 radical (unpaired) electrons. The molecule has 0 unspecified atom stereocenters. The van der Waals surface area contributed by atoms with E-state index in [0.29, 0.717) is 27.6 Å². The molecule has 6 heteroatoms. The topological polar surface area (TPSA) is 55.4 Å². The maximum absolute atomic E-state index is 13.3. The van der Waals surface area contributed by atoms with Gasteiger partial charge in [-0.1, -0.05) is 35.7 Å². The zero-order valence-corrected chi connectivity index (χ0v) is 18.0. The molecule has 4 nitrogen and oxygen atoms in total. The molecule has 1 saturated carbocycles. The van der Waals surface area contributed by atoms with Crippen LogP contribution in [-0.4, -0.2) is 17.9 Å². The molecule has 2 aliphatic carbocycles. The van der Waals surface area contributed by atoms with Gasteiger partial charge in [0.15, 0.2) is 5.78 Å². The molecule has 1 heterocycles. The first-order valence-corrected chi connectivity index (χ1v) is 11.1. The number of rotatable bonds is 3. The number of ether oxygens (including phenoxy) is 1. The van der Waals surface area contributed by atoms with Crippen molar-refractivity contribution in [2.45, 2.75) is 70.3 Å². The molecule has 1 aromatic rings. The molecule has 0 aromatic heterocycles. The van der Waals surface area contributed by atoms with Gasteiger partial charge in [0.1, 0.15) is 6.10 Å². The van der Waals surface area contributed by atoms with Gasteiger partial charge in [0, 0.05) is 29.3 Å². The van der Waals surface area contributed by atoms with Crippen LogP contribution in [0.4, 0.5) is 0 Å². The van der Waals surface area contributed by atoms with Crippen molar-refractivity contribution in [3.05, 3.63) is 56.3 Å². The van der Waals surface area contributed by atoms with Gasteiger partial charge < -0.3 is 10.1 Å². The Morgan fingerprint density at radius 2 is 1.83 bits per heavy atom. The molecule has 29 heavy (non-hydrogen) atoms. The fourth-order valence-corrected chi connectivity index (χ4v) is 4.98. The van der Waals surface area contributed by atoms with Crippen LogP contribution >= 0.6 is 23.2 Å². The first-order chi connectivity index (χ1) is 14.0. The highest BCUT2D eigenvalue weighted by molar-refractivity contribution is 6.42. The van der Waals surface area contributed by atoms with Crippen LogP contribution < -0.4 is 5.32 Å². The van der Waals surface area contributed by atoms with E-state index in [0.717, 1.165) is 55.5 Å². The molecule has 154 valence electrons. The minimum absolute atomic E-state index is 0.0524. The molecule has 1 atom stereocenters. The largest absolute Gasteiger partial charge is 0.459 e. The van der Waals surface area contributed by atoms with E-state index in [9.17, 15) is 9.59 Å². The third-order valence-corrected chi connectivity index (χ3v) is 6.84. The Morgan fingerprint density at radius 1 is 1.07 bits per heavy atom. The van der Waals surface area contributed by atoms with Gasteiger partial charge in [0.2, 0.25) is 0 Å². The number of hydrogen-bond donors (Lipinski definition) is 1. The number of Topliss-reactive ketones (excluding diaryl/α,β-unsaturated/α-hetero) is 1. The molecular weight excluding hydrogens is 409 g/mol. The minimum atomic E-state index is -0.482. The van der Waals surface area contributed by atoms with Crippen molar-refractivity contribution in [2.24, 2.45) is 0 Å². The predicted octanol–water partition coefficient (Wildman–Crippen LogP) is 5.84. The van der Waals surface area contributed by atoms with Crippen molar-refractivity contribution in [1.29, 1.82) is 0 Å². The average molecular weight is 434 g/mol. The van der Waals surface area contributed by atoms with E-state index in [1.165, 1.54) is 6.42 Å². The quantitative estimate of drug-likeness (QED) is 0.608. The third kappa shape index (κ3) is 4.10. The first kappa shape index (κ1) is 20.5. The molecule has 1 aliphatic heterocycles. The summed E-state index contributed by atoms with van der Waals surface area (Å²) in [6, 6.07) is 5.32. The SMILES string of the molecule is CC1=C(C(=O)OC2CCCCC2)[C@H](c2ccc(Cl)c(Cl)c2)C2=C(CCCC2=O)N1. The van der Waals surface area contributed by atoms with Gasteiger partial charge in [-0.2, -0.15) is 0 Å². The van der Waals surface area contributed by atoms with Crippen molar-refractivity contribution < 1.29 is 14.3 Å². The van der Waals surface area contributed by atoms with E-state index in [1.807, 2.05) is 13.0 Å². The number of carbonyl (C=O) groups excluding carboxylic acids is 2. The fourth-order valence-electron chi connectivity index (χ4n) is 4.68. The molecule has 1 aromatic carbocycles. The van der Waals surface area contributed by atoms with Gasteiger partial charge in [-0.05, 0) is 63.1 Å². The van der Waals surface area contributed by atoms with Crippen molar-refractivity contribution >= 4 is 35.0 Å². The summed E-state index contributed by atoms with van der Waals surface area (Å²) in [5.74, 6) is -0.752. The minimum Gasteiger partial charge on any atom is -0.459 e. The maximum Gasteiger partial charge on any atom is 0.337 e. The van der Waals surface area contributed by atoms with E-state index in [2.05, 4.69) is 5.32 Å². The Balaban J connectivity index is 1.75. The molecule has 0 bridgehead atoms. The van der Waals surface area contributed by atoms with Crippen molar-refractivity contribution in [3.63, 3.8) is 0 Å². The van der Waals surface area contributed by atoms with Gasteiger partial charge in [-0.15, -0.1) is 0 Å². The maximum atomic E-state index is 13.3. The van der Waals surface area contributed by atoms with Gasteiger partial charge in [-0.25, -0.2) is 4.79 Å². The summed E-state index contributed by atoms with van der Waals surface area (Å²) in [6.45, 7) is 1.88. The van der Waals surface area contributed by atoms with E-state index in [1.54, 1.807) is 12.1 Å². The number of benzene rings is 1. The Bertz CT molecular complexity index is 913. The lowest BCUT2D eigenvalue weighted by molar-refractivity contribution is -0.146. The summed E-state index contributed by atoms with van der Waals surface area (Å²) < 4.78 is 5.89.